The first-order valence-electron chi connectivity index (χ1n) is 6.61. The Morgan fingerprint density at radius 2 is 2.11 bits per heavy atom. The highest BCUT2D eigenvalue weighted by Crippen LogP contribution is 2.27. The number of rotatable bonds is 5. The van der Waals surface area contributed by atoms with E-state index in [9.17, 15) is 0 Å². The van der Waals surface area contributed by atoms with Gasteiger partial charge >= 0.3 is 0 Å². The van der Waals surface area contributed by atoms with Gasteiger partial charge in [-0.05, 0) is 32.3 Å². The molecule has 18 heavy (non-hydrogen) atoms. The van der Waals surface area contributed by atoms with Crippen LogP contribution in [0.5, 0.6) is 0 Å². The van der Waals surface area contributed by atoms with Gasteiger partial charge in [0.1, 0.15) is 0 Å². The molecule has 1 aliphatic rings. The van der Waals surface area contributed by atoms with E-state index >= 15 is 0 Å². The molecule has 1 heterocycles. The van der Waals surface area contributed by atoms with Gasteiger partial charge in [-0.3, -0.25) is 4.90 Å². The van der Waals surface area contributed by atoms with Gasteiger partial charge in [-0.15, -0.1) is 0 Å². The second-order valence-electron chi connectivity index (χ2n) is 5.56. The Labute approximate surface area is 112 Å². The summed E-state index contributed by atoms with van der Waals surface area (Å²) in [5.74, 6) is 0. The van der Waals surface area contributed by atoms with Crippen molar-refractivity contribution in [2.75, 3.05) is 13.1 Å². The fourth-order valence-corrected chi connectivity index (χ4v) is 2.51. The first-order chi connectivity index (χ1) is 8.49. The third-order valence-corrected chi connectivity index (χ3v) is 3.54. The summed E-state index contributed by atoms with van der Waals surface area (Å²) in [5, 5.41) is 0. The zero-order valence-electron chi connectivity index (χ0n) is 11.7. The van der Waals surface area contributed by atoms with Crippen LogP contribution in [0.2, 0.25) is 0 Å². The molecule has 0 spiro atoms. The predicted octanol–water partition coefficient (Wildman–Crippen LogP) is 3.04. The number of allylic oxidation sites excluding steroid dienone is 4. The molecular formula is C16H26N2. The van der Waals surface area contributed by atoms with Gasteiger partial charge in [0, 0.05) is 24.7 Å². The van der Waals surface area contributed by atoms with Crippen LogP contribution >= 0.6 is 0 Å². The van der Waals surface area contributed by atoms with Crippen LogP contribution in [0.25, 0.3) is 0 Å². The SMILES string of the molecule is C=C/C=C\C(=C/C=C)CN1CCC(N)CC1(C)C. The molecule has 2 N–H and O–H groups in total. The van der Waals surface area contributed by atoms with Gasteiger partial charge in [-0.25, -0.2) is 0 Å². The smallest absolute Gasteiger partial charge is 0.0239 e. The maximum Gasteiger partial charge on any atom is 0.0239 e. The summed E-state index contributed by atoms with van der Waals surface area (Å²) in [7, 11) is 0. The molecule has 0 bridgehead atoms. The van der Waals surface area contributed by atoms with E-state index < -0.39 is 0 Å². The zero-order valence-corrected chi connectivity index (χ0v) is 11.7. The van der Waals surface area contributed by atoms with Crippen molar-refractivity contribution < 1.29 is 0 Å². The Hall–Kier alpha value is -1.12. The molecule has 0 radical (unpaired) electrons. The molecule has 1 saturated heterocycles. The van der Waals surface area contributed by atoms with Crippen molar-refractivity contribution in [3.05, 3.63) is 49.1 Å². The number of likely N-dealkylation sites (tertiary alicyclic amines) is 1. The lowest BCUT2D eigenvalue weighted by atomic mass is 9.87. The Morgan fingerprint density at radius 3 is 2.67 bits per heavy atom. The predicted molar refractivity (Wildman–Crippen MR) is 80.5 cm³/mol. The van der Waals surface area contributed by atoms with Crippen molar-refractivity contribution in [2.45, 2.75) is 38.3 Å². The van der Waals surface area contributed by atoms with Gasteiger partial charge in [-0.2, -0.15) is 0 Å². The van der Waals surface area contributed by atoms with Crippen LogP contribution in [-0.4, -0.2) is 29.6 Å². The van der Waals surface area contributed by atoms with Gasteiger partial charge in [-0.1, -0.05) is 43.5 Å². The minimum absolute atomic E-state index is 0.167. The van der Waals surface area contributed by atoms with Crippen molar-refractivity contribution in [1.82, 2.24) is 4.90 Å². The van der Waals surface area contributed by atoms with Gasteiger partial charge in [0.15, 0.2) is 0 Å². The number of hydrogen-bond donors (Lipinski definition) is 1. The minimum atomic E-state index is 0.167. The van der Waals surface area contributed by atoms with Gasteiger partial charge < -0.3 is 5.73 Å². The van der Waals surface area contributed by atoms with Crippen LogP contribution in [0.4, 0.5) is 0 Å². The van der Waals surface area contributed by atoms with E-state index in [1.54, 1.807) is 6.08 Å². The topological polar surface area (TPSA) is 29.3 Å². The summed E-state index contributed by atoms with van der Waals surface area (Å²) >= 11 is 0. The summed E-state index contributed by atoms with van der Waals surface area (Å²) < 4.78 is 0. The molecule has 0 amide bonds. The third-order valence-electron chi connectivity index (χ3n) is 3.54. The van der Waals surface area contributed by atoms with Crippen LogP contribution in [0, 0.1) is 0 Å². The molecule has 2 nitrogen and oxygen atoms in total. The molecule has 1 aliphatic heterocycles. The van der Waals surface area contributed by atoms with Crippen molar-refractivity contribution in [2.24, 2.45) is 5.73 Å². The second kappa shape index (κ2) is 6.72. The summed E-state index contributed by atoms with van der Waals surface area (Å²) in [6.45, 7) is 14.0. The van der Waals surface area contributed by atoms with Crippen LogP contribution in [0.15, 0.2) is 49.1 Å². The lowest BCUT2D eigenvalue weighted by Gasteiger charge is -2.45. The fraction of sp³-hybridized carbons (Fsp3) is 0.500. The summed E-state index contributed by atoms with van der Waals surface area (Å²) in [6.07, 6.45) is 11.9. The van der Waals surface area contributed by atoms with Gasteiger partial charge in [0.05, 0.1) is 0 Å². The summed E-state index contributed by atoms with van der Waals surface area (Å²) in [4.78, 5) is 2.50. The standard InChI is InChI=1S/C16H26N2/c1-5-7-9-14(8-6-2)13-18-11-10-15(17)12-16(18,3)4/h5-9,15H,1-2,10-13,17H2,3-4H3/b9-7-,14-8+. The average molecular weight is 246 g/mol. The molecule has 1 fully saturated rings. The quantitative estimate of drug-likeness (QED) is 0.756. The fourth-order valence-electron chi connectivity index (χ4n) is 2.51. The van der Waals surface area contributed by atoms with Crippen LogP contribution < -0.4 is 5.73 Å². The average Bonchev–Trinajstić information content (AvgIpc) is 2.29. The third kappa shape index (κ3) is 4.28. The molecule has 2 heteroatoms. The number of hydrogen-bond acceptors (Lipinski definition) is 2. The highest BCUT2D eigenvalue weighted by molar-refractivity contribution is 5.27. The molecule has 0 aromatic carbocycles. The highest BCUT2D eigenvalue weighted by Gasteiger charge is 2.33. The van der Waals surface area contributed by atoms with Crippen molar-refractivity contribution >= 4 is 0 Å². The van der Waals surface area contributed by atoms with E-state index in [0.717, 1.165) is 25.9 Å². The van der Waals surface area contributed by atoms with E-state index in [2.05, 4.69) is 44.1 Å². The van der Waals surface area contributed by atoms with E-state index in [0.29, 0.717) is 6.04 Å². The Morgan fingerprint density at radius 1 is 1.39 bits per heavy atom. The number of piperidine rings is 1. The minimum Gasteiger partial charge on any atom is -0.328 e. The Kier molecular flexibility index (Phi) is 5.57. The molecule has 0 aromatic heterocycles. The molecule has 0 saturated carbocycles. The zero-order chi connectivity index (χ0) is 13.6. The lowest BCUT2D eigenvalue weighted by Crippen LogP contribution is -2.53. The molecule has 1 atom stereocenters. The number of nitrogens with zero attached hydrogens (tertiary/aromatic N) is 1. The summed E-state index contributed by atoms with van der Waals surface area (Å²) in [5.41, 5.74) is 7.48. The molecular weight excluding hydrogens is 220 g/mol. The van der Waals surface area contributed by atoms with E-state index in [1.807, 2.05) is 12.2 Å². The van der Waals surface area contributed by atoms with Crippen molar-refractivity contribution in [1.29, 1.82) is 0 Å². The van der Waals surface area contributed by atoms with Gasteiger partial charge in [0.2, 0.25) is 0 Å². The molecule has 0 aromatic rings. The van der Waals surface area contributed by atoms with E-state index in [4.69, 9.17) is 5.73 Å². The molecule has 100 valence electrons. The lowest BCUT2D eigenvalue weighted by molar-refractivity contribution is 0.0775. The molecule has 0 aliphatic carbocycles. The maximum absolute atomic E-state index is 6.06. The largest absolute Gasteiger partial charge is 0.328 e. The van der Waals surface area contributed by atoms with Crippen LogP contribution in [-0.2, 0) is 0 Å². The monoisotopic (exact) mass is 246 g/mol. The Balaban J connectivity index is 2.74. The first kappa shape index (κ1) is 14.9. The molecule has 1 unspecified atom stereocenters. The van der Waals surface area contributed by atoms with Crippen LogP contribution in [0.1, 0.15) is 26.7 Å². The van der Waals surface area contributed by atoms with Crippen LogP contribution in [0.3, 0.4) is 0 Å². The second-order valence-corrected chi connectivity index (χ2v) is 5.56. The highest BCUT2D eigenvalue weighted by atomic mass is 15.2. The normalized spacial score (nSPS) is 25.3. The summed E-state index contributed by atoms with van der Waals surface area (Å²) in [6, 6.07) is 0.340. The number of nitrogens with two attached hydrogens (primary N) is 1. The van der Waals surface area contributed by atoms with Crippen molar-refractivity contribution in [3.63, 3.8) is 0 Å². The molecule has 1 rings (SSSR count). The maximum atomic E-state index is 6.06. The van der Waals surface area contributed by atoms with Gasteiger partial charge in [0.25, 0.3) is 0 Å². The Bertz CT molecular complexity index is 350. The van der Waals surface area contributed by atoms with E-state index in [1.165, 1.54) is 5.57 Å². The first-order valence-corrected chi connectivity index (χ1v) is 6.61. The van der Waals surface area contributed by atoms with Crippen molar-refractivity contribution in [3.8, 4) is 0 Å². The van der Waals surface area contributed by atoms with E-state index in [-0.39, 0.29) is 5.54 Å².